The molecule has 0 amide bonds. The number of ketones is 1. The third-order valence-electron chi connectivity index (χ3n) is 4.04. The van der Waals surface area contributed by atoms with Crippen molar-refractivity contribution < 1.29 is 10.0 Å². The van der Waals surface area contributed by atoms with Gasteiger partial charge < -0.3 is 4.90 Å². The van der Waals surface area contributed by atoms with Crippen LogP contribution in [0.3, 0.4) is 0 Å². The molecule has 1 N–H and O–H groups in total. The number of para-hydroxylation sites is 2. The predicted molar refractivity (Wildman–Crippen MR) is 81.4 cm³/mol. The highest BCUT2D eigenvalue weighted by molar-refractivity contribution is 5.83. The van der Waals surface area contributed by atoms with E-state index in [-0.39, 0.29) is 11.8 Å². The third kappa shape index (κ3) is 3.12. The molecule has 1 aromatic carbocycles. The molecular formula is C16H24N2O2. The maximum atomic E-state index is 12.0. The fraction of sp³-hybridized carbons (Fsp3) is 0.562. The molecule has 0 bridgehead atoms. The minimum Gasteiger partial charge on any atom is -0.370 e. The number of hydrogen-bond acceptors (Lipinski definition) is 4. The number of benzene rings is 1. The Kier molecular flexibility index (Phi) is 4.65. The molecule has 0 atom stereocenters. The molecule has 1 saturated heterocycles. The fourth-order valence-electron chi connectivity index (χ4n) is 2.88. The van der Waals surface area contributed by atoms with Crippen LogP contribution in [0.1, 0.15) is 26.7 Å². The average Bonchev–Trinajstić information content (AvgIpc) is 2.46. The van der Waals surface area contributed by atoms with Gasteiger partial charge in [0.15, 0.2) is 0 Å². The minimum atomic E-state index is 0.127. The standard InChI is InChI=1S/C16H24N2O2/c1-12(2)16(19)13-8-10-18(11-9-13)15-7-5-4-6-14(15)17(3)20/h4-7,12-13,20H,8-11H2,1-3H3. The SMILES string of the molecule is CC(C)C(=O)C1CCN(c2ccccc2N(C)O)CC1. The molecule has 0 spiro atoms. The molecule has 2 rings (SSSR count). The van der Waals surface area contributed by atoms with Crippen LogP contribution in [-0.2, 0) is 4.79 Å². The second-order valence-electron chi connectivity index (χ2n) is 5.83. The monoisotopic (exact) mass is 276 g/mol. The second kappa shape index (κ2) is 6.27. The van der Waals surface area contributed by atoms with E-state index in [1.807, 2.05) is 38.1 Å². The van der Waals surface area contributed by atoms with Crippen LogP contribution < -0.4 is 9.96 Å². The van der Waals surface area contributed by atoms with Crippen molar-refractivity contribution in [3.8, 4) is 0 Å². The number of Topliss-reactive ketones (excluding diaryl/α,β-unsaturated/α-hetero) is 1. The van der Waals surface area contributed by atoms with Gasteiger partial charge in [0.1, 0.15) is 5.78 Å². The Bertz CT molecular complexity index is 463. The molecule has 4 heteroatoms. The normalized spacial score (nSPS) is 16.6. The van der Waals surface area contributed by atoms with E-state index in [0.717, 1.165) is 42.4 Å². The lowest BCUT2D eigenvalue weighted by molar-refractivity contribution is -0.126. The van der Waals surface area contributed by atoms with Crippen molar-refractivity contribution in [2.45, 2.75) is 26.7 Å². The molecule has 4 nitrogen and oxygen atoms in total. The maximum absolute atomic E-state index is 12.0. The smallest absolute Gasteiger partial charge is 0.138 e. The Morgan fingerprint density at radius 2 is 1.90 bits per heavy atom. The lowest BCUT2D eigenvalue weighted by Gasteiger charge is -2.35. The van der Waals surface area contributed by atoms with Crippen molar-refractivity contribution in [1.82, 2.24) is 0 Å². The van der Waals surface area contributed by atoms with Gasteiger partial charge in [0.2, 0.25) is 0 Å². The van der Waals surface area contributed by atoms with Gasteiger partial charge in [-0.3, -0.25) is 15.1 Å². The Morgan fingerprint density at radius 1 is 1.30 bits per heavy atom. The molecule has 0 saturated carbocycles. The molecule has 0 unspecified atom stereocenters. The Labute approximate surface area is 121 Å². The summed E-state index contributed by atoms with van der Waals surface area (Å²) in [7, 11) is 1.63. The molecule has 110 valence electrons. The first-order valence-electron chi connectivity index (χ1n) is 7.31. The number of nitrogens with zero attached hydrogens (tertiary/aromatic N) is 2. The Balaban J connectivity index is 2.06. The molecule has 1 aliphatic heterocycles. The maximum Gasteiger partial charge on any atom is 0.138 e. The van der Waals surface area contributed by atoms with Crippen molar-refractivity contribution in [3.63, 3.8) is 0 Å². The summed E-state index contributed by atoms with van der Waals surface area (Å²) in [6.07, 6.45) is 1.81. The van der Waals surface area contributed by atoms with Crippen molar-refractivity contribution in [2.24, 2.45) is 11.8 Å². The van der Waals surface area contributed by atoms with Crippen LogP contribution in [0.4, 0.5) is 11.4 Å². The van der Waals surface area contributed by atoms with Gasteiger partial charge in [0.05, 0.1) is 11.4 Å². The predicted octanol–water partition coefficient (Wildman–Crippen LogP) is 2.95. The summed E-state index contributed by atoms with van der Waals surface area (Å²) >= 11 is 0. The number of carbonyl (C=O) groups excluding carboxylic acids is 1. The van der Waals surface area contributed by atoms with Crippen molar-refractivity contribution >= 4 is 17.2 Å². The van der Waals surface area contributed by atoms with Crippen molar-refractivity contribution in [2.75, 3.05) is 30.1 Å². The van der Waals surface area contributed by atoms with E-state index >= 15 is 0 Å². The largest absolute Gasteiger partial charge is 0.370 e. The molecule has 0 radical (unpaired) electrons. The Hall–Kier alpha value is -1.55. The van der Waals surface area contributed by atoms with Crippen molar-refractivity contribution in [1.29, 1.82) is 0 Å². The fourth-order valence-corrected chi connectivity index (χ4v) is 2.88. The highest BCUT2D eigenvalue weighted by Gasteiger charge is 2.27. The van der Waals surface area contributed by atoms with Gasteiger partial charge in [0.25, 0.3) is 0 Å². The summed E-state index contributed by atoms with van der Waals surface area (Å²) in [6, 6.07) is 7.82. The van der Waals surface area contributed by atoms with Gasteiger partial charge in [-0.05, 0) is 25.0 Å². The highest BCUT2D eigenvalue weighted by Crippen LogP contribution is 2.31. The molecule has 0 aromatic heterocycles. The van der Waals surface area contributed by atoms with Crippen LogP contribution in [0.2, 0.25) is 0 Å². The van der Waals surface area contributed by atoms with Crippen LogP contribution in [0.5, 0.6) is 0 Å². The molecule has 1 fully saturated rings. The van der Waals surface area contributed by atoms with E-state index in [9.17, 15) is 10.0 Å². The quantitative estimate of drug-likeness (QED) is 0.859. The van der Waals surface area contributed by atoms with E-state index in [1.54, 1.807) is 7.05 Å². The number of rotatable bonds is 4. The zero-order chi connectivity index (χ0) is 14.7. The summed E-state index contributed by atoms with van der Waals surface area (Å²) < 4.78 is 0. The lowest BCUT2D eigenvalue weighted by Crippen LogP contribution is -2.38. The Morgan fingerprint density at radius 3 is 2.45 bits per heavy atom. The second-order valence-corrected chi connectivity index (χ2v) is 5.83. The van der Waals surface area contributed by atoms with Gasteiger partial charge in [0, 0.05) is 32.0 Å². The third-order valence-corrected chi connectivity index (χ3v) is 4.04. The molecule has 1 aromatic rings. The topological polar surface area (TPSA) is 43.8 Å². The van der Waals surface area contributed by atoms with Gasteiger partial charge in [-0.2, -0.15) is 0 Å². The van der Waals surface area contributed by atoms with Gasteiger partial charge >= 0.3 is 0 Å². The minimum absolute atomic E-state index is 0.127. The number of carbonyl (C=O) groups is 1. The first kappa shape index (κ1) is 14.9. The molecular weight excluding hydrogens is 252 g/mol. The molecule has 0 aliphatic carbocycles. The molecule has 1 aliphatic rings. The van der Waals surface area contributed by atoms with E-state index < -0.39 is 0 Å². The number of anilines is 2. The summed E-state index contributed by atoms with van der Waals surface area (Å²) in [5, 5.41) is 10.9. The lowest BCUT2D eigenvalue weighted by atomic mass is 9.87. The summed E-state index contributed by atoms with van der Waals surface area (Å²) in [5.74, 6) is 0.713. The first-order chi connectivity index (χ1) is 9.50. The zero-order valence-electron chi connectivity index (χ0n) is 12.5. The van der Waals surface area contributed by atoms with Gasteiger partial charge in [-0.1, -0.05) is 26.0 Å². The van der Waals surface area contributed by atoms with Crippen molar-refractivity contribution in [3.05, 3.63) is 24.3 Å². The zero-order valence-corrected chi connectivity index (χ0v) is 12.5. The number of hydrogen-bond donors (Lipinski definition) is 1. The van der Waals surface area contributed by atoms with Crippen LogP contribution in [0, 0.1) is 11.8 Å². The van der Waals surface area contributed by atoms with Gasteiger partial charge in [-0.15, -0.1) is 0 Å². The van der Waals surface area contributed by atoms with E-state index in [1.165, 1.54) is 0 Å². The van der Waals surface area contributed by atoms with Crippen LogP contribution in [-0.4, -0.2) is 31.1 Å². The van der Waals surface area contributed by atoms with E-state index in [0.29, 0.717) is 5.78 Å². The number of piperidine rings is 1. The van der Waals surface area contributed by atoms with Crippen LogP contribution >= 0.6 is 0 Å². The summed E-state index contributed by atoms with van der Waals surface area (Å²) in [4.78, 5) is 14.3. The summed E-state index contributed by atoms with van der Waals surface area (Å²) in [5.41, 5.74) is 1.84. The molecule has 20 heavy (non-hydrogen) atoms. The first-order valence-corrected chi connectivity index (χ1v) is 7.31. The summed E-state index contributed by atoms with van der Waals surface area (Å²) in [6.45, 7) is 5.69. The highest BCUT2D eigenvalue weighted by atomic mass is 16.5. The average molecular weight is 276 g/mol. The number of hydroxylamine groups is 1. The van der Waals surface area contributed by atoms with Gasteiger partial charge in [-0.25, -0.2) is 0 Å². The molecule has 1 heterocycles. The van der Waals surface area contributed by atoms with E-state index in [4.69, 9.17) is 0 Å². The van der Waals surface area contributed by atoms with Crippen LogP contribution in [0.15, 0.2) is 24.3 Å². The van der Waals surface area contributed by atoms with Crippen LogP contribution in [0.25, 0.3) is 0 Å². The van der Waals surface area contributed by atoms with E-state index in [2.05, 4.69) is 4.90 Å².